The maximum atomic E-state index is 13.3. The van der Waals surface area contributed by atoms with Crippen LogP contribution in [0.1, 0.15) is 65.0 Å². The Morgan fingerprint density at radius 3 is 2.50 bits per heavy atom. The number of carbonyl (C=O) groups is 1. The van der Waals surface area contributed by atoms with E-state index in [-0.39, 0.29) is 11.6 Å². The van der Waals surface area contributed by atoms with Gasteiger partial charge in [-0.25, -0.2) is 4.98 Å². The Hall–Kier alpha value is -2.55. The molecule has 0 radical (unpaired) electrons. The second-order valence-corrected chi connectivity index (χ2v) is 10.6. The monoisotopic (exact) mass is 494 g/mol. The van der Waals surface area contributed by atoms with Gasteiger partial charge in [0.05, 0.1) is 21.7 Å². The van der Waals surface area contributed by atoms with Crippen LogP contribution in [0.4, 0.5) is 0 Å². The largest absolute Gasteiger partial charge is 0.347 e. The Bertz CT molecular complexity index is 1310. The minimum atomic E-state index is -0.110. The Morgan fingerprint density at radius 1 is 1.15 bits per heavy atom. The fourth-order valence-electron chi connectivity index (χ4n) is 5.53. The van der Waals surface area contributed by atoms with Crippen molar-refractivity contribution in [3.63, 3.8) is 0 Å². The van der Waals surface area contributed by atoms with Gasteiger partial charge >= 0.3 is 0 Å². The predicted molar refractivity (Wildman–Crippen MR) is 135 cm³/mol. The van der Waals surface area contributed by atoms with Crippen molar-refractivity contribution in [2.45, 2.75) is 45.4 Å². The van der Waals surface area contributed by atoms with Crippen LogP contribution in [0.3, 0.4) is 0 Å². The molecule has 0 bridgehead atoms. The molecule has 0 spiro atoms. The van der Waals surface area contributed by atoms with E-state index in [4.69, 9.17) is 23.2 Å². The van der Waals surface area contributed by atoms with Crippen molar-refractivity contribution in [3.8, 4) is 6.07 Å². The van der Waals surface area contributed by atoms with Gasteiger partial charge in [0.2, 0.25) is 0 Å². The Balaban J connectivity index is 1.41. The first-order valence-electron chi connectivity index (χ1n) is 12.0. The third-order valence-electron chi connectivity index (χ3n) is 7.87. The van der Waals surface area contributed by atoms with Crippen LogP contribution in [0.2, 0.25) is 10.0 Å². The first-order valence-corrected chi connectivity index (χ1v) is 12.7. The maximum absolute atomic E-state index is 13.3. The van der Waals surface area contributed by atoms with E-state index in [1.165, 1.54) is 19.3 Å². The molecule has 1 aromatic carbocycles. The summed E-state index contributed by atoms with van der Waals surface area (Å²) in [6, 6.07) is 8.11. The van der Waals surface area contributed by atoms with E-state index in [0.29, 0.717) is 27.6 Å². The number of aromatic nitrogens is 2. The number of likely N-dealkylation sites (tertiary alicyclic amines) is 1. The molecule has 0 N–H and O–H groups in total. The lowest BCUT2D eigenvalue weighted by Gasteiger charge is -2.39. The molecule has 0 atom stereocenters. The lowest BCUT2D eigenvalue weighted by Crippen LogP contribution is -2.41. The number of hydrogen-bond donors (Lipinski definition) is 0. The quantitative estimate of drug-likeness (QED) is 0.427. The molecule has 34 heavy (non-hydrogen) atoms. The summed E-state index contributed by atoms with van der Waals surface area (Å²) in [6.45, 7) is 3.53. The van der Waals surface area contributed by atoms with Crippen LogP contribution in [-0.2, 0) is 13.5 Å². The second-order valence-electron chi connectivity index (χ2n) is 9.78. The zero-order valence-corrected chi connectivity index (χ0v) is 21.1. The maximum Gasteiger partial charge on any atom is 0.274 e. The standard InChI is InChI=1S/C27H28Cl2N4O/c1-16-10-17(14-30)11-24-21(16)12-20(32(24)2)13-22-23(28)15-31-26(25(22)29)27(34)33-8-6-19(7-9-33)18-4-3-5-18/h10-12,15,18-19H,3-9,13H2,1-2H3. The summed E-state index contributed by atoms with van der Waals surface area (Å²) in [5, 5.41) is 11.2. The number of amides is 1. The highest BCUT2D eigenvalue weighted by Crippen LogP contribution is 2.39. The van der Waals surface area contributed by atoms with Crippen LogP contribution in [-0.4, -0.2) is 33.4 Å². The van der Waals surface area contributed by atoms with E-state index in [0.717, 1.165) is 59.9 Å². The highest BCUT2D eigenvalue weighted by Gasteiger charge is 2.33. The number of nitriles is 1. The first kappa shape index (κ1) is 23.2. The fourth-order valence-corrected chi connectivity index (χ4v) is 6.08. The second kappa shape index (κ2) is 9.24. The predicted octanol–water partition coefficient (Wildman–Crippen LogP) is 6.30. The minimum Gasteiger partial charge on any atom is -0.347 e. The SMILES string of the molecule is Cc1cc(C#N)cc2c1cc(Cc1c(Cl)cnc(C(=O)N3CCC(C4CCC4)CC3)c1Cl)n2C. The van der Waals surface area contributed by atoms with Crippen LogP contribution in [0, 0.1) is 30.1 Å². The van der Waals surface area contributed by atoms with Gasteiger partial charge in [-0.15, -0.1) is 0 Å². The summed E-state index contributed by atoms with van der Waals surface area (Å²) >= 11 is 13.3. The molecule has 2 aliphatic rings. The molecule has 1 saturated heterocycles. The topological polar surface area (TPSA) is 61.9 Å². The number of benzene rings is 1. The molecule has 7 heteroatoms. The highest BCUT2D eigenvalue weighted by atomic mass is 35.5. The van der Waals surface area contributed by atoms with E-state index < -0.39 is 0 Å². The average Bonchev–Trinajstić information content (AvgIpc) is 3.11. The Kier molecular flexibility index (Phi) is 6.31. The average molecular weight is 495 g/mol. The Labute approximate surface area is 210 Å². The number of pyridine rings is 1. The van der Waals surface area contributed by atoms with Crippen LogP contribution in [0.25, 0.3) is 10.9 Å². The van der Waals surface area contributed by atoms with Gasteiger partial charge < -0.3 is 9.47 Å². The molecular weight excluding hydrogens is 467 g/mol. The van der Waals surface area contributed by atoms with Crippen LogP contribution < -0.4 is 0 Å². The van der Waals surface area contributed by atoms with Gasteiger partial charge in [0.1, 0.15) is 5.69 Å². The number of hydrogen-bond acceptors (Lipinski definition) is 3. The summed E-state index contributed by atoms with van der Waals surface area (Å²) in [5.41, 5.74) is 4.65. The van der Waals surface area contributed by atoms with E-state index in [1.54, 1.807) is 6.20 Å². The molecule has 1 aliphatic heterocycles. The molecule has 1 amide bonds. The third-order valence-corrected chi connectivity index (χ3v) is 8.60. The summed E-state index contributed by atoms with van der Waals surface area (Å²) in [4.78, 5) is 19.6. The number of fused-ring (bicyclic) bond motifs is 1. The number of aryl methyl sites for hydroxylation is 2. The van der Waals surface area contributed by atoms with Gasteiger partial charge in [-0.2, -0.15) is 5.26 Å². The summed E-state index contributed by atoms with van der Waals surface area (Å²) < 4.78 is 2.06. The molecule has 1 aliphatic carbocycles. The lowest BCUT2D eigenvalue weighted by molar-refractivity contribution is 0.0603. The van der Waals surface area contributed by atoms with Gasteiger partial charge in [0.15, 0.2) is 0 Å². The number of piperidine rings is 1. The number of nitrogens with zero attached hydrogens (tertiary/aromatic N) is 4. The van der Waals surface area contributed by atoms with Crippen molar-refractivity contribution in [2.75, 3.05) is 13.1 Å². The van der Waals surface area contributed by atoms with E-state index in [9.17, 15) is 10.1 Å². The fraction of sp³-hybridized carbons (Fsp3) is 0.444. The van der Waals surface area contributed by atoms with Crippen molar-refractivity contribution in [2.24, 2.45) is 18.9 Å². The number of rotatable bonds is 4. The molecule has 2 fully saturated rings. The van der Waals surface area contributed by atoms with Gasteiger partial charge in [-0.05, 0) is 60.9 Å². The van der Waals surface area contributed by atoms with Crippen LogP contribution in [0.15, 0.2) is 24.4 Å². The summed E-state index contributed by atoms with van der Waals surface area (Å²) in [6.07, 6.45) is 8.18. The molecule has 3 aromatic rings. The van der Waals surface area contributed by atoms with Gasteiger partial charge in [0.25, 0.3) is 5.91 Å². The normalized spacial score (nSPS) is 17.1. The summed E-state index contributed by atoms with van der Waals surface area (Å²) in [5.74, 6) is 1.50. The zero-order valence-electron chi connectivity index (χ0n) is 19.6. The zero-order chi connectivity index (χ0) is 24.0. The highest BCUT2D eigenvalue weighted by molar-refractivity contribution is 6.37. The molecule has 5 nitrogen and oxygen atoms in total. The van der Waals surface area contributed by atoms with Crippen molar-refractivity contribution in [1.82, 2.24) is 14.5 Å². The summed E-state index contributed by atoms with van der Waals surface area (Å²) in [7, 11) is 1.97. The first-order chi connectivity index (χ1) is 16.4. The molecule has 176 valence electrons. The van der Waals surface area contributed by atoms with Gasteiger partial charge in [0, 0.05) is 49.4 Å². The van der Waals surface area contributed by atoms with Crippen LogP contribution >= 0.6 is 23.2 Å². The van der Waals surface area contributed by atoms with Gasteiger partial charge in [-0.1, -0.05) is 42.5 Å². The third kappa shape index (κ3) is 4.08. The van der Waals surface area contributed by atoms with Crippen molar-refractivity contribution < 1.29 is 4.79 Å². The molecule has 2 aromatic heterocycles. The lowest BCUT2D eigenvalue weighted by atomic mass is 9.72. The van der Waals surface area contributed by atoms with Gasteiger partial charge in [-0.3, -0.25) is 4.79 Å². The number of carbonyl (C=O) groups excluding carboxylic acids is 1. The molecule has 0 unspecified atom stereocenters. The molecule has 1 saturated carbocycles. The smallest absolute Gasteiger partial charge is 0.274 e. The van der Waals surface area contributed by atoms with E-state index in [1.807, 2.05) is 31.0 Å². The number of halogens is 2. The van der Waals surface area contributed by atoms with E-state index >= 15 is 0 Å². The van der Waals surface area contributed by atoms with E-state index in [2.05, 4.69) is 21.7 Å². The van der Waals surface area contributed by atoms with Crippen molar-refractivity contribution >= 4 is 40.0 Å². The van der Waals surface area contributed by atoms with Crippen molar-refractivity contribution in [3.05, 3.63) is 62.5 Å². The molecule has 5 rings (SSSR count). The van der Waals surface area contributed by atoms with Crippen LogP contribution in [0.5, 0.6) is 0 Å². The molecular formula is C27H28Cl2N4O. The molecule has 3 heterocycles. The minimum absolute atomic E-state index is 0.110. The van der Waals surface area contributed by atoms with Crippen molar-refractivity contribution in [1.29, 1.82) is 5.26 Å². The Morgan fingerprint density at radius 2 is 1.85 bits per heavy atom.